The molecule has 0 atom stereocenters. The van der Waals surface area contributed by atoms with Crippen molar-refractivity contribution >= 4 is 5.95 Å². The summed E-state index contributed by atoms with van der Waals surface area (Å²) in [6.07, 6.45) is 6.24. The first-order valence-electron chi connectivity index (χ1n) is 7.85. The fraction of sp³-hybridized carbons (Fsp3) is 0.353. The molecule has 0 radical (unpaired) electrons. The minimum Gasteiger partial charge on any atom is -0.337 e. The van der Waals surface area contributed by atoms with Gasteiger partial charge in [0.05, 0.1) is 11.9 Å². The van der Waals surface area contributed by atoms with E-state index in [0.717, 1.165) is 30.0 Å². The number of hydrogen-bond donors (Lipinski definition) is 0. The van der Waals surface area contributed by atoms with Crippen LogP contribution >= 0.6 is 0 Å². The predicted molar refractivity (Wildman–Crippen MR) is 86.7 cm³/mol. The molecule has 2 heterocycles. The van der Waals surface area contributed by atoms with Gasteiger partial charge in [0, 0.05) is 31.3 Å². The molecule has 1 aliphatic rings. The number of nitrogens with zero attached hydrogens (tertiary/aromatic N) is 5. The Morgan fingerprint density at radius 1 is 1.30 bits per heavy atom. The van der Waals surface area contributed by atoms with Crippen LogP contribution in [0.5, 0.6) is 0 Å². The first kappa shape index (κ1) is 14.0. The highest BCUT2D eigenvalue weighted by atomic mass is 16.5. The third-order valence-corrected chi connectivity index (χ3v) is 4.12. The van der Waals surface area contributed by atoms with E-state index in [1.54, 1.807) is 0 Å². The van der Waals surface area contributed by atoms with E-state index in [1.807, 2.05) is 41.2 Å². The molecular weight excluding hydrogens is 290 g/mol. The van der Waals surface area contributed by atoms with Gasteiger partial charge in [-0.05, 0) is 36.6 Å². The molecule has 23 heavy (non-hydrogen) atoms. The van der Waals surface area contributed by atoms with Gasteiger partial charge in [0.15, 0.2) is 0 Å². The van der Waals surface area contributed by atoms with Crippen molar-refractivity contribution in [3.63, 3.8) is 0 Å². The molecule has 0 amide bonds. The first-order valence-corrected chi connectivity index (χ1v) is 7.85. The lowest BCUT2D eigenvalue weighted by atomic mass is 10.2. The Morgan fingerprint density at radius 2 is 2.13 bits per heavy atom. The van der Waals surface area contributed by atoms with E-state index in [9.17, 15) is 0 Å². The van der Waals surface area contributed by atoms with Gasteiger partial charge in [-0.15, -0.1) is 0 Å². The van der Waals surface area contributed by atoms with Crippen LogP contribution in [0.1, 0.15) is 35.8 Å². The van der Waals surface area contributed by atoms with Crippen molar-refractivity contribution < 1.29 is 4.52 Å². The third-order valence-electron chi connectivity index (χ3n) is 4.12. The largest absolute Gasteiger partial charge is 0.337 e. The number of anilines is 1. The summed E-state index contributed by atoms with van der Waals surface area (Å²) in [5.41, 5.74) is 3.40. The molecule has 1 fully saturated rings. The molecule has 0 unspecified atom stereocenters. The summed E-state index contributed by atoms with van der Waals surface area (Å²) in [5.74, 6) is 1.88. The van der Waals surface area contributed by atoms with Crippen LogP contribution < -0.4 is 4.90 Å². The Balaban J connectivity index is 1.49. The number of aryl methyl sites for hydroxylation is 1. The van der Waals surface area contributed by atoms with E-state index in [1.165, 1.54) is 5.56 Å². The topological polar surface area (TPSA) is 60.0 Å². The molecule has 0 N–H and O–H groups in total. The summed E-state index contributed by atoms with van der Waals surface area (Å²) in [5, 5.41) is 8.53. The maximum Gasteiger partial charge on any atom is 0.266 e. The average Bonchev–Trinajstić information content (AvgIpc) is 3.10. The molecule has 0 aliphatic heterocycles. The van der Waals surface area contributed by atoms with Gasteiger partial charge >= 0.3 is 0 Å². The molecule has 1 aliphatic carbocycles. The van der Waals surface area contributed by atoms with Gasteiger partial charge < -0.3 is 9.42 Å². The minimum atomic E-state index is 0.480. The van der Waals surface area contributed by atoms with Crippen LogP contribution in [-0.2, 0) is 6.54 Å². The fourth-order valence-corrected chi connectivity index (χ4v) is 2.62. The highest BCUT2D eigenvalue weighted by Gasteiger charge is 2.30. The Morgan fingerprint density at radius 3 is 2.91 bits per heavy atom. The van der Waals surface area contributed by atoms with Crippen LogP contribution in [0.15, 0.2) is 41.2 Å². The average molecular weight is 309 g/mol. The smallest absolute Gasteiger partial charge is 0.266 e. The SMILES string of the molecule is Cc1ccccc1-n1cc(CN(C)c2noc(C3CC3)n2)cn1. The molecule has 1 aromatic carbocycles. The maximum atomic E-state index is 5.31. The Kier molecular flexibility index (Phi) is 3.37. The number of aromatic nitrogens is 4. The van der Waals surface area contributed by atoms with Crippen molar-refractivity contribution in [3.05, 3.63) is 53.7 Å². The van der Waals surface area contributed by atoms with Gasteiger partial charge in [-0.25, -0.2) is 4.68 Å². The standard InChI is InChI=1S/C17H19N5O/c1-12-5-3-4-6-15(12)22-11-13(9-18-22)10-21(2)17-19-16(23-20-17)14-7-8-14/h3-6,9,11,14H,7-8,10H2,1-2H3. The third kappa shape index (κ3) is 2.84. The molecule has 118 valence electrons. The fourth-order valence-electron chi connectivity index (χ4n) is 2.62. The lowest BCUT2D eigenvalue weighted by Gasteiger charge is -2.12. The van der Waals surface area contributed by atoms with Crippen LogP contribution in [0.3, 0.4) is 0 Å². The van der Waals surface area contributed by atoms with E-state index < -0.39 is 0 Å². The zero-order chi connectivity index (χ0) is 15.8. The molecule has 2 aromatic heterocycles. The van der Waals surface area contributed by atoms with Gasteiger partial charge in [-0.2, -0.15) is 10.1 Å². The second-order valence-corrected chi connectivity index (χ2v) is 6.14. The van der Waals surface area contributed by atoms with Crippen LogP contribution in [0.2, 0.25) is 0 Å². The summed E-state index contributed by atoms with van der Waals surface area (Å²) >= 11 is 0. The molecule has 3 aromatic rings. The minimum absolute atomic E-state index is 0.480. The summed E-state index contributed by atoms with van der Waals surface area (Å²) in [7, 11) is 1.96. The Hall–Kier alpha value is -2.63. The molecule has 0 spiro atoms. The normalized spacial score (nSPS) is 14.2. The summed E-state index contributed by atoms with van der Waals surface area (Å²) < 4.78 is 7.22. The zero-order valence-electron chi connectivity index (χ0n) is 13.3. The number of benzene rings is 1. The van der Waals surface area contributed by atoms with Crippen molar-refractivity contribution in [2.75, 3.05) is 11.9 Å². The Labute approximate surface area is 134 Å². The summed E-state index contributed by atoms with van der Waals surface area (Å²) in [4.78, 5) is 6.45. The van der Waals surface area contributed by atoms with E-state index >= 15 is 0 Å². The lowest BCUT2D eigenvalue weighted by Crippen LogP contribution is -2.17. The maximum absolute atomic E-state index is 5.31. The number of hydrogen-bond acceptors (Lipinski definition) is 5. The van der Waals surface area contributed by atoms with Crippen molar-refractivity contribution in [2.24, 2.45) is 0 Å². The van der Waals surface area contributed by atoms with Gasteiger partial charge in [0.25, 0.3) is 5.95 Å². The zero-order valence-corrected chi connectivity index (χ0v) is 13.3. The van der Waals surface area contributed by atoms with Crippen molar-refractivity contribution in [1.29, 1.82) is 0 Å². The van der Waals surface area contributed by atoms with Gasteiger partial charge in [0.1, 0.15) is 0 Å². The van der Waals surface area contributed by atoms with E-state index in [-0.39, 0.29) is 0 Å². The van der Waals surface area contributed by atoms with Crippen molar-refractivity contribution in [1.82, 2.24) is 19.9 Å². The first-order chi connectivity index (χ1) is 11.2. The monoisotopic (exact) mass is 309 g/mol. The van der Waals surface area contributed by atoms with Crippen molar-refractivity contribution in [2.45, 2.75) is 32.2 Å². The summed E-state index contributed by atoms with van der Waals surface area (Å²) in [6.45, 7) is 2.77. The molecule has 0 saturated heterocycles. The quantitative estimate of drug-likeness (QED) is 0.725. The lowest BCUT2D eigenvalue weighted by molar-refractivity contribution is 0.379. The predicted octanol–water partition coefficient (Wildman–Crippen LogP) is 3.08. The van der Waals surface area contributed by atoms with E-state index in [2.05, 4.69) is 34.3 Å². The molecule has 4 rings (SSSR count). The van der Waals surface area contributed by atoms with Gasteiger partial charge in [-0.3, -0.25) is 0 Å². The van der Waals surface area contributed by atoms with Crippen LogP contribution in [0.4, 0.5) is 5.95 Å². The van der Waals surface area contributed by atoms with Gasteiger partial charge in [-0.1, -0.05) is 18.2 Å². The molecule has 6 nitrogen and oxygen atoms in total. The number of para-hydroxylation sites is 1. The molecule has 1 saturated carbocycles. The Bertz CT molecular complexity index is 818. The number of rotatable bonds is 5. The second-order valence-electron chi connectivity index (χ2n) is 6.14. The highest BCUT2D eigenvalue weighted by molar-refractivity contribution is 5.40. The summed E-state index contributed by atoms with van der Waals surface area (Å²) in [6, 6.07) is 8.21. The van der Waals surface area contributed by atoms with Crippen LogP contribution in [0.25, 0.3) is 5.69 Å². The van der Waals surface area contributed by atoms with Crippen LogP contribution in [-0.4, -0.2) is 27.0 Å². The van der Waals surface area contributed by atoms with Gasteiger partial charge in [0.2, 0.25) is 5.89 Å². The molecule has 0 bridgehead atoms. The molecule has 6 heteroatoms. The van der Waals surface area contributed by atoms with Crippen molar-refractivity contribution in [3.8, 4) is 5.69 Å². The van der Waals surface area contributed by atoms with E-state index in [4.69, 9.17) is 4.52 Å². The second kappa shape index (κ2) is 5.53. The highest BCUT2D eigenvalue weighted by Crippen LogP contribution is 2.39. The van der Waals surface area contributed by atoms with E-state index in [0.29, 0.717) is 18.4 Å². The van der Waals surface area contributed by atoms with Crippen LogP contribution in [0, 0.1) is 6.92 Å². The molecular formula is C17H19N5O.